The van der Waals surface area contributed by atoms with Crippen LogP contribution >= 0.6 is 11.6 Å². The highest BCUT2D eigenvalue weighted by atomic mass is 35.5. The van der Waals surface area contributed by atoms with Crippen LogP contribution in [0.3, 0.4) is 0 Å². The van der Waals surface area contributed by atoms with Gasteiger partial charge in [0.1, 0.15) is 11.5 Å². The first kappa shape index (κ1) is 14.2. The third-order valence-corrected chi connectivity index (χ3v) is 4.16. The topological polar surface area (TPSA) is 30.5 Å². The van der Waals surface area contributed by atoms with E-state index in [4.69, 9.17) is 21.1 Å². The first-order chi connectivity index (χ1) is 10.2. The van der Waals surface area contributed by atoms with Gasteiger partial charge in [0.15, 0.2) is 0 Å². The summed E-state index contributed by atoms with van der Waals surface area (Å²) in [5.41, 5.74) is 3.63. The van der Waals surface area contributed by atoms with Crippen LogP contribution in [-0.4, -0.2) is 20.8 Å². The largest absolute Gasteiger partial charge is 0.497 e. The van der Waals surface area contributed by atoms with E-state index in [0.29, 0.717) is 0 Å². The third kappa shape index (κ3) is 2.71. The Balaban J connectivity index is 2.12. The van der Waals surface area contributed by atoms with Crippen molar-refractivity contribution >= 4 is 11.6 Å². The SMILES string of the molecule is COc1cc2c(c(OC)c1)C(c1cccc(Cl)c1)CNC2. The minimum absolute atomic E-state index is 0.230. The molecule has 2 aromatic carbocycles. The maximum atomic E-state index is 6.14. The Morgan fingerprint density at radius 3 is 2.71 bits per heavy atom. The average Bonchev–Trinajstić information content (AvgIpc) is 2.53. The molecule has 0 bridgehead atoms. The molecule has 1 heterocycles. The smallest absolute Gasteiger partial charge is 0.126 e. The molecule has 110 valence electrons. The predicted octanol–water partition coefficient (Wildman–Crippen LogP) is 3.59. The Morgan fingerprint density at radius 1 is 1.14 bits per heavy atom. The van der Waals surface area contributed by atoms with Gasteiger partial charge in [-0.2, -0.15) is 0 Å². The molecule has 0 aromatic heterocycles. The molecule has 3 nitrogen and oxygen atoms in total. The Kier molecular flexibility index (Phi) is 4.04. The molecule has 0 fully saturated rings. The first-order valence-electron chi connectivity index (χ1n) is 6.94. The highest BCUT2D eigenvalue weighted by molar-refractivity contribution is 6.30. The summed E-state index contributed by atoms with van der Waals surface area (Å²) < 4.78 is 11.0. The zero-order chi connectivity index (χ0) is 14.8. The average molecular weight is 304 g/mol. The van der Waals surface area contributed by atoms with E-state index in [1.165, 1.54) is 16.7 Å². The first-order valence-corrected chi connectivity index (χ1v) is 7.31. The molecule has 0 saturated heterocycles. The van der Waals surface area contributed by atoms with E-state index in [2.05, 4.69) is 17.4 Å². The van der Waals surface area contributed by atoms with Crippen molar-refractivity contribution in [1.82, 2.24) is 5.32 Å². The summed E-state index contributed by atoms with van der Waals surface area (Å²) in [5.74, 6) is 1.92. The van der Waals surface area contributed by atoms with Crippen molar-refractivity contribution < 1.29 is 9.47 Å². The summed E-state index contributed by atoms with van der Waals surface area (Å²) in [5, 5.41) is 4.21. The number of benzene rings is 2. The quantitative estimate of drug-likeness (QED) is 0.940. The number of methoxy groups -OCH3 is 2. The molecule has 0 aliphatic carbocycles. The minimum atomic E-state index is 0.230. The van der Waals surface area contributed by atoms with Gasteiger partial charge in [-0.1, -0.05) is 23.7 Å². The zero-order valence-electron chi connectivity index (χ0n) is 12.2. The van der Waals surface area contributed by atoms with Crippen LogP contribution in [0.25, 0.3) is 0 Å². The summed E-state index contributed by atoms with van der Waals surface area (Å²) in [6, 6.07) is 12.0. The molecule has 4 heteroatoms. The fourth-order valence-corrected chi connectivity index (χ4v) is 3.14. The van der Waals surface area contributed by atoms with Crippen molar-refractivity contribution in [3.8, 4) is 11.5 Å². The van der Waals surface area contributed by atoms with E-state index >= 15 is 0 Å². The van der Waals surface area contributed by atoms with Crippen molar-refractivity contribution in [2.45, 2.75) is 12.5 Å². The van der Waals surface area contributed by atoms with Crippen LogP contribution in [0.2, 0.25) is 5.02 Å². The number of fused-ring (bicyclic) bond motifs is 1. The molecule has 0 amide bonds. The highest BCUT2D eigenvalue weighted by Gasteiger charge is 2.26. The van der Waals surface area contributed by atoms with Gasteiger partial charge in [0.2, 0.25) is 0 Å². The summed E-state index contributed by atoms with van der Waals surface area (Å²) in [6.45, 7) is 1.69. The summed E-state index contributed by atoms with van der Waals surface area (Å²) >= 11 is 6.14. The summed E-state index contributed by atoms with van der Waals surface area (Å²) in [4.78, 5) is 0. The van der Waals surface area contributed by atoms with Gasteiger partial charge in [-0.3, -0.25) is 0 Å². The molecule has 21 heavy (non-hydrogen) atoms. The van der Waals surface area contributed by atoms with Gasteiger partial charge in [-0.25, -0.2) is 0 Å². The third-order valence-electron chi connectivity index (χ3n) is 3.92. The fourth-order valence-electron chi connectivity index (χ4n) is 2.95. The lowest BCUT2D eigenvalue weighted by atomic mass is 9.84. The summed E-state index contributed by atoms with van der Waals surface area (Å²) in [6.07, 6.45) is 0. The van der Waals surface area contributed by atoms with Crippen molar-refractivity contribution in [3.05, 3.63) is 58.1 Å². The van der Waals surface area contributed by atoms with Crippen molar-refractivity contribution in [1.29, 1.82) is 0 Å². The van der Waals surface area contributed by atoms with Crippen LogP contribution in [0, 0.1) is 0 Å². The standard InChI is InChI=1S/C17H18ClNO2/c1-20-14-7-12-9-19-10-15(17(12)16(8-14)21-2)11-4-3-5-13(18)6-11/h3-8,15,19H,9-10H2,1-2H3. The van der Waals surface area contributed by atoms with Crippen molar-refractivity contribution in [3.63, 3.8) is 0 Å². The second-order valence-corrected chi connectivity index (χ2v) is 5.58. The van der Waals surface area contributed by atoms with Gasteiger partial charge in [-0.05, 0) is 29.3 Å². The maximum Gasteiger partial charge on any atom is 0.126 e. The van der Waals surface area contributed by atoms with Gasteiger partial charge < -0.3 is 14.8 Å². The molecule has 0 spiro atoms. The molecule has 2 aromatic rings. The van der Waals surface area contributed by atoms with Crippen LogP contribution in [0.5, 0.6) is 11.5 Å². The summed E-state index contributed by atoms with van der Waals surface area (Å²) in [7, 11) is 3.37. The lowest BCUT2D eigenvalue weighted by Crippen LogP contribution is -2.29. The Bertz CT molecular complexity index is 640. The molecule has 0 radical (unpaired) electrons. The minimum Gasteiger partial charge on any atom is -0.497 e. The number of hydrogen-bond donors (Lipinski definition) is 1. The molecule has 1 aliphatic rings. The predicted molar refractivity (Wildman–Crippen MR) is 84.5 cm³/mol. The zero-order valence-corrected chi connectivity index (χ0v) is 12.9. The molecular weight excluding hydrogens is 286 g/mol. The van der Waals surface area contributed by atoms with E-state index in [0.717, 1.165) is 29.6 Å². The van der Waals surface area contributed by atoms with Crippen LogP contribution < -0.4 is 14.8 Å². The monoisotopic (exact) mass is 303 g/mol. The second-order valence-electron chi connectivity index (χ2n) is 5.14. The number of rotatable bonds is 3. The number of nitrogens with one attached hydrogen (secondary N) is 1. The highest BCUT2D eigenvalue weighted by Crippen LogP contribution is 2.39. The van der Waals surface area contributed by atoms with Gasteiger partial charge in [-0.15, -0.1) is 0 Å². The van der Waals surface area contributed by atoms with Crippen LogP contribution in [0.1, 0.15) is 22.6 Å². The Morgan fingerprint density at radius 2 is 2.00 bits per heavy atom. The lowest BCUT2D eigenvalue weighted by molar-refractivity contribution is 0.384. The maximum absolute atomic E-state index is 6.14. The van der Waals surface area contributed by atoms with Crippen LogP contribution in [0.15, 0.2) is 36.4 Å². The van der Waals surface area contributed by atoms with Gasteiger partial charge in [0, 0.05) is 35.7 Å². The van der Waals surface area contributed by atoms with E-state index in [1.54, 1.807) is 14.2 Å². The molecule has 1 unspecified atom stereocenters. The van der Waals surface area contributed by atoms with E-state index in [9.17, 15) is 0 Å². The number of halogens is 1. The van der Waals surface area contributed by atoms with E-state index < -0.39 is 0 Å². The molecular formula is C17H18ClNO2. The van der Waals surface area contributed by atoms with Crippen molar-refractivity contribution in [2.75, 3.05) is 20.8 Å². The molecule has 1 atom stereocenters. The molecule has 1 N–H and O–H groups in total. The van der Waals surface area contributed by atoms with Crippen LogP contribution in [-0.2, 0) is 6.54 Å². The van der Waals surface area contributed by atoms with E-state index in [-0.39, 0.29) is 5.92 Å². The van der Waals surface area contributed by atoms with E-state index in [1.807, 2.05) is 24.3 Å². The van der Waals surface area contributed by atoms with Crippen molar-refractivity contribution in [2.24, 2.45) is 0 Å². The lowest BCUT2D eigenvalue weighted by Gasteiger charge is -2.29. The molecule has 0 saturated carbocycles. The Labute approximate surface area is 129 Å². The second kappa shape index (κ2) is 5.96. The Hall–Kier alpha value is -1.71. The van der Waals surface area contributed by atoms with Crippen LogP contribution in [0.4, 0.5) is 0 Å². The number of hydrogen-bond acceptors (Lipinski definition) is 3. The fraction of sp³-hybridized carbons (Fsp3) is 0.294. The molecule has 3 rings (SSSR count). The number of ether oxygens (including phenoxy) is 2. The van der Waals surface area contributed by atoms with Gasteiger partial charge >= 0.3 is 0 Å². The van der Waals surface area contributed by atoms with Gasteiger partial charge in [0.25, 0.3) is 0 Å². The van der Waals surface area contributed by atoms with Gasteiger partial charge in [0.05, 0.1) is 14.2 Å². The normalized spacial score (nSPS) is 17.2. The molecule has 1 aliphatic heterocycles.